The third-order valence-corrected chi connectivity index (χ3v) is 1.98. The lowest BCUT2D eigenvalue weighted by Gasteiger charge is -2.00. The molecule has 64 valence electrons. The number of benzene rings is 1. The van der Waals surface area contributed by atoms with Crippen LogP contribution >= 0.6 is 11.6 Å². The highest BCUT2D eigenvalue weighted by atomic mass is 35.5. The normalized spacial score (nSPS) is 9.83. The van der Waals surface area contributed by atoms with Crippen LogP contribution in [0.15, 0.2) is 18.2 Å². The molecule has 12 heavy (non-hydrogen) atoms. The van der Waals surface area contributed by atoms with Gasteiger partial charge in [-0.05, 0) is 24.1 Å². The summed E-state index contributed by atoms with van der Waals surface area (Å²) in [5.41, 5.74) is 1.21. The zero-order valence-corrected chi connectivity index (χ0v) is 7.43. The van der Waals surface area contributed by atoms with Gasteiger partial charge >= 0.3 is 5.97 Å². The predicted molar refractivity (Wildman–Crippen MR) is 47.8 cm³/mol. The van der Waals surface area contributed by atoms with E-state index in [0.29, 0.717) is 5.02 Å². The molecule has 2 nitrogen and oxygen atoms in total. The van der Waals surface area contributed by atoms with Crippen molar-refractivity contribution in [2.45, 2.75) is 13.3 Å². The Hall–Kier alpha value is -1.02. The zero-order chi connectivity index (χ0) is 9.14. The summed E-state index contributed by atoms with van der Waals surface area (Å²) >= 11 is 5.72. The van der Waals surface area contributed by atoms with E-state index in [9.17, 15) is 4.79 Å². The van der Waals surface area contributed by atoms with Crippen LogP contribution in [-0.4, -0.2) is 11.1 Å². The standard InChI is InChI=1S/C9H9ClO2/c1-2-6-3-4-7(9(11)12)8(10)5-6/h3-5H,2H2,1H3,(H,11,12). The van der Waals surface area contributed by atoms with E-state index in [-0.39, 0.29) is 5.56 Å². The first-order chi connectivity index (χ1) is 5.65. The van der Waals surface area contributed by atoms with Gasteiger partial charge in [0.1, 0.15) is 0 Å². The van der Waals surface area contributed by atoms with E-state index in [0.717, 1.165) is 12.0 Å². The summed E-state index contributed by atoms with van der Waals surface area (Å²) in [4.78, 5) is 10.5. The SMILES string of the molecule is CCc1ccc(C(=O)O)c(Cl)c1. The van der Waals surface area contributed by atoms with Crippen molar-refractivity contribution in [2.75, 3.05) is 0 Å². The van der Waals surface area contributed by atoms with E-state index in [4.69, 9.17) is 16.7 Å². The molecule has 0 atom stereocenters. The van der Waals surface area contributed by atoms with Gasteiger partial charge in [0.15, 0.2) is 0 Å². The van der Waals surface area contributed by atoms with Crippen LogP contribution in [0, 0.1) is 0 Å². The van der Waals surface area contributed by atoms with Gasteiger partial charge in [-0.1, -0.05) is 24.6 Å². The molecule has 1 rings (SSSR count). The summed E-state index contributed by atoms with van der Waals surface area (Å²) in [5.74, 6) is -0.984. The third kappa shape index (κ3) is 1.77. The molecule has 0 amide bonds. The lowest BCUT2D eigenvalue weighted by Crippen LogP contribution is -1.97. The summed E-state index contributed by atoms with van der Waals surface area (Å²) < 4.78 is 0. The van der Waals surface area contributed by atoms with Crippen LogP contribution in [-0.2, 0) is 6.42 Å². The van der Waals surface area contributed by atoms with Crippen molar-refractivity contribution in [1.82, 2.24) is 0 Å². The summed E-state index contributed by atoms with van der Waals surface area (Å²) in [7, 11) is 0. The molecule has 3 heteroatoms. The molecule has 0 aliphatic carbocycles. The van der Waals surface area contributed by atoms with Crippen molar-refractivity contribution in [3.05, 3.63) is 34.3 Å². The first kappa shape index (κ1) is 9.07. The van der Waals surface area contributed by atoms with Crippen molar-refractivity contribution in [1.29, 1.82) is 0 Å². The zero-order valence-electron chi connectivity index (χ0n) is 6.67. The molecule has 0 saturated carbocycles. The van der Waals surface area contributed by atoms with Crippen LogP contribution in [0.4, 0.5) is 0 Å². The second-order valence-corrected chi connectivity index (χ2v) is 2.88. The van der Waals surface area contributed by atoms with E-state index >= 15 is 0 Å². The number of hydrogen-bond donors (Lipinski definition) is 1. The van der Waals surface area contributed by atoms with Gasteiger partial charge in [0.2, 0.25) is 0 Å². The fourth-order valence-electron chi connectivity index (χ4n) is 0.952. The first-order valence-corrected chi connectivity index (χ1v) is 4.04. The Kier molecular flexibility index (Phi) is 2.71. The second-order valence-electron chi connectivity index (χ2n) is 2.47. The Labute approximate surface area is 75.8 Å². The molecule has 0 saturated heterocycles. The van der Waals surface area contributed by atoms with Gasteiger partial charge in [0.25, 0.3) is 0 Å². The minimum Gasteiger partial charge on any atom is -0.478 e. The summed E-state index contributed by atoms with van der Waals surface area (Å²) in [6.45, 7) is 1.99. The van der Waals surface area contributed by atoms with Crippen LogP contribution in [0.3, 0.4) is 0 Å². The highest BCUT2D eigenvalue weighted by molar-refractivity contribution is 6.33. The first-order valence-electron chi connectivity index (χ1n) is 3.67. The number of rotatable bonds is 2. The Morgan fingerprint density at radius 3 is 2.67 bits per heavy atom. The van der Waals surface area contributed by atoms with E-state index in [1.54, 1.807) is 12.1 Å². The molecule has 0 unspecified atom stereocenters. The molecular weight excluding hydrogens is 176 g/mol. The molecular formula is C9H9ClO2. The molecule has 1 aromatic rings. The van der Waals surface area contributed by atoms with Crippen LogP contribution in [0.25, 0.3) is 0 Å². The predicted octanol–water partition coefficient (Wildman–Crippen LogP) is 2.60. The lowest BCUT2D eigenvalue weighted by atomic mass is 10.1. The number of aromatic carboxylic acids is 1. The second kappa shape index (κ2) is 3.59. The van der Waals surface area contributed by atoms with Gasteiger partial charge < -0.3 is 5.11 Å². The number of hydrogen-bond acceptors (Lipinski definition) is 1. The highest BCUT2D eigenvalue weighted by Crippen LogP contribution is 2.17. The van der Waals surface area contributed by atoms with Crippen molar-refractivity contribution in [3.63, 3.8) is 0 Å². The smallest absolute Gasteiger partial charge is 0.337 e. The summed E-state index contributed by atoms with van der Waals surface area (Å²) in [5, 5.41) is 8.95. The number of carboxylic acid groups (broad SMARTS) is 1. The van der Waals surface area contributed by atoms with Crippen molar-refractivity contribution >= 4 is 17.6 Å². The molecule has 0 heterocycles. The van der Waals surface area contributed by atoms with Crippen LogP contribution < -0.4 is 0 Å². The van der Waals surface area contributed by atoms with E-state index in [1.165, 1.54) is 6.07 Å². The van der Waals surface area contributed by atoms with Crippen LogP contribution in [0.5, 0.6) is 0 Å². The van der Waals surface area contributed by atoms with Gasteiger partial charge in [0, 0.05) is 0 Å². The fourth-order valence-corrected chi connectivity index (χ4v) is 1.24. The Morgan fingerprint density at radius 1 is 1.58 bits per heavy atom. The maximum Gasteiger partial charge on any atom is 0.337 e. The monoisotopic (exact) mass is 184 g/mol. The van der Waals surface area contributed by atoms with E-state index < -0.39 is 5.97 Å². The quantitative estimate of drug-likeness (QED) is 0.767. The molecule has 0 aliphatic rings. The minimum absolute atomic E-state index is 0.161. The summed E-state index contributed by atoms with van der Waals surface area (Å²) in [6, 6.07) is 4.99. The molecule has 0 radical (unpaired) electrons. The number of halogens is 1. The van der Waals surface area contributed by atoms with Crippen molar-refractivity contribution in [3.8, 4) is 0 Å². The number of carbonyl (C=O) groups is 1. The molecule has 0 aromatic heterocycles. The number of carboxylic acids is 1. The maximum absolute atomic E-state index is 10.5. The molecule has 0 aliphatic heterocycles. The number of aryl methyl sites for hydroxylation is 1. The lowest BCUT2D eigenvalue weighted by molar-refractivity contribution is 0.0697. The summed E-state index contributed by atoms with van der Waals surface area (Å²) in [6.07, 6.45) is 0.861. The van der Waals surface area contributed by atoms with Crippen LogP contribution in [0.1, 0.15) is 22.8 Å². The molecule has 1 N–H and O–H groups in total. The molecule has 0 fully saturated rings. The van der Waals surface area contributed by atoms with Gasteiger partial charge in [-0.3, -0.25) is 0 Å². The minimum atomic E-state index is -0.984. The van der Waals surface area contributed by atoms with Crippen LogP contribution in [0.2, 0.25) is 5.02 Å². The van der Waals surface area contributed by atoms with Crippen molar-refractivity contribution in [2.24, 2.45) is 0 Å². The average Bonchev–Trinajstić information content (AvgIpc) is 2.03. The third-order valence-electron chi connectivity index (χ3n) is 1.67. The van der Waals surface area contributed by atoms with E-state index in [2.05, 4.69) is 0 Å². The fraction of sp³-hybridized carbons (Fsp3) is 0.222. The van der Waals surface area contributed by atoms with Gasteiger partial charge in [0.05, 0.1) is 10.6 Å². The van der Waals surface area contributed by atoms with Crippen molar-refractivity contribution < 1.29 is 9.90 Å². The maximum atomic E-state index is 10.5. The van der Waals surface area contributed by atoms with Gasteiger partial charge in [-0.2, -0.15) is 0 Å². The highest BCUT2D eigenvalue weighted by Gasteiger charge is 2.07. The largest absolute Gasteiger partial charge is 0.478 e. The van der Waals surface area contributed by atoms with Gasteiger partial charge in [-0.25, -0.2) is 4.79 Å². The Bertz CT molecular complexity index is 307. The molecule has 0 bridgehead atoms. The Balaban J connectivity index is 3.12. The Morgan fingerprint density at radius 2 is 2.25 bits per heavy atom. The van der Waals surface area contributed by atoms with E-state index in [1.807, 2.05) is 6.92 Å². The molecule has 0 spiro atoms. The van der Waals surface area contributed by atoms with Gasteiger partial charge in [-0.15, -0.1) is 0 Å². The average molecular weight is 185 g/mol. The molecule has 1 aromatic carbocycles. The topological polar surface area (TPSA) is 37.3 Å².